The van der Waals surface area contributed by atoms with E-state index < -0.39 is 0 Å². The van der Waals surface area contributed by atoms with Crippen LogP contribution < -0.4 is 14.0 Å². The summed E-state index contributed by atoms with van der Waals surface area (Å²) in [5, 5.41) is 2.53. The first-order chi connectivity index (χ1) is 10.8. The molecular formula is C19H19ClNO2+. The third-order valence-corrected chi connectivity index (χ3v) is 4.40. The van der Waals surface area contributed by atoms with Crippen molar-refractivity contribution in [2.45, 2.75) is 13.0 Å². The molecule has 0 radical (unpaired) electrons. The Morgan fingerprint density at radius 3 is 2.35 bits per heavy atom. The van der Waals surface area contributed by atoms with Crippen LogP contribution in [0.15, 0.2) is 48.7 Å². The Hall–Kier alpha value is -2.26. The van der Waals surface area contributed by atoms with Crippen molar-refractivity contribution in [2.24, 2.45) is 0 Å². The van der Waals surface area contributed by atoms with Gasteiger partial charge in [-0.05, 0) is 29.1 Å². The summed E-state index contributed by atoms with van der Waals surface area (Å²) >= 11 is 0. The molecule has 0 N–H and O–H groups in total. The largest absolute Gasteiger partial charge is 0.493 e. The van der Waals surface area contributed by atoms with Crippen molar-refractivity contribution >= 4 is 23.2 Å². The van der Waals surface area contributed by atoms with Gasteiger partial charge in [-0.2, -0.15) is 4.57 Å². The van der Waals surface area contributed by atoms with Gasteiger partial charge in [0.2, 0.25) is 5.69 Å². The van der Waals surface area contributed by atoms with E-state index in [1.165, 1.54) is 27.6 Å². The van der Waals surface area contributed by atoms with Gasteiger partial charge in [-0.1, -0.05) is 18.2 Å². The minimum absolute atomic E-state index is 0. The summed E-state index contributed by atoms with van der Waals surface area (Å²) in [6.07, 6.45) is 3.25. The predicted molar refractivity (Wildman–Crippen MR) is 93.6 cm³/mol. The predicted octanol–water partition coefficient (Wildman–Crippen LogP) is 3.79. The molecule has 0 saturated heterocycles. The molecule has 0 spiro atoms. The summed E-state index contributed by atoms with van der Waals surface area (Å²) < 4.78 is 13.2. The lowest BCUT2D eigenvalue weighted by Gasteiger charge is -2.18. The molecule has 0 atom stereocenters. The highest BCUT2D eigenvalue weighted by molar-refractivity contribution is 5.85. The van der Waals surface area contributed by atoms with Crippen LogP contribution in [0, 0.1) is 0 Å². The molecule has 0 saturated carbocycles. The van der Waals surface area contributed by atoms with Gasteiger partial charge in [0.05, 0.1) is 19.8 Å². The van der Waals surface area contributed by atoms with Crippen molar-refractivity contribution < 1.29 is 14.0 Å². The highest BCUT2D eigenvalue weighted by atomic mass is 35.5. The molecule has 0 amide bonds. The second-order valence-corrected chi connectivity index (χ2v) is 5.60. The summed E-state index contributed by atoms with van der Waals surface area (Å²) in [4.78, 5) is 0. The maximum atomic E-state index is 5.47. The molecule has 1 aliphatic rings. The highest BCUT2D eigenvalue weighted by Gasteiger charge is 2.25. The number of aromatic nitrogens is 1. The van der Waals surface area contributed by atoms with Gasteiger partial charge in [0.1, 0.15) is 0 Å². The lowest BCUT2D eigenvalue weighted by molar-refractivity contribution is -0.686. The Bertz CT molecular complexity index is 877. The van der Waals surface area contributed by atoms with Crippen molar-refractivity contribution in [3.05, 3.63) is 54.2 Å². The number of hydrogen-bond donors (Lipinski definition) is 0. The Morgan fingerprint density at radius 2 is 1.61 bits per heavy atom. The third-order valence-electron chi connectivity index (χ3n) is 4.40. The Kier molecular flexibility index (Phi) is 4.14. The van der Waals surface area contributed by atoms with Gasteiger partial charge in [-0.3, -0.25) is 0 Å². The van der Waals surface area contributed by atoms with Gasteiger partial charge in [-0.25, -0.2) is 0 Å². The molecule has 118 valence electrons. The van der Waals surface area contributed by atoms with Crippen LogP contribution in [0.25, 0.3) is 22.0 Å². The van der Waals surface area contributed by atoms with E-state index in [1.54, 1.807) is 14.2 Å². The number of aryl methyl sites for hydroxylation is 2. The van der Waals surface area contributed by atoms with Gasteiger partial charge >= 0.3 is 0 Å². The van der Waals surface area contributed by atoms with E-state index in [9.17, 15) is 0 Å². The SMILES string of the molecule is COc1cc2c(cc1OC)-c1cc3ccccc3c[n+]1CC2.Cl. The van der Waals surface area contributed by atoms with E-state index in [2.05, 4.69) is 53.2 Å². The van der Waals surface area contributed by atoms with Crippen LogP contribution in [0.2, 0.25) is 0 Å². The van der Waals surface area contributed by atoms with Gasteiger partial charge in [0.15, 0.2) is 24.2 Å². The van der Waals surface area contributed by atoms with Crippen LogP contribution in [0.3, 0.4) is 0 Å². The lowest BCUT2D eigenvalue weighted by Crippen LogP contribution is -2.40. The normalized spacial score (nSPS) is 12.1. The van der Waals surface area contributed by atoms with E-state index in [0.717, 1.165) is 24.5 Å². The van der Waals surface area contributed by atoms with Gasteiger partial charge < -0.3 is 9.47 Å². The van der Waals surface area contributed by atoms with Crippen molar-refractivity contribution in [3.63, 3.8) is 0 Å². The molecular weight excluding hydrogens is 310 g/mol. The number of ether oxygens (including phenoxy) is 2. The standard InChI is InChI=1S/C19H18NO2.ClH/c1-21-18-10-14-7-8-20-12-15-6-4-3-5-13(15)9-17(20)16(14)11-19(18)22-2;/h3-6,9-12H,7-8H2,1-2H3;1H/q+1;. The average molecular weight is 329 g/mol. The van der Waals surface area contributed by atoms with Crippen molar-refractivity contribution in [1.29, 1.82) is 0 Å². The number of nitrogens with zero attached hydrogens (tertiary/aromatic N) is 1. The van der Waals surface area contributed by atoms with Gasteiger partial charge in [0.25, 0.3) is 0 Å². The van der Waals surface area contributed by atoms with Gasteiger partial charge in [0, 0.05) is 17.9 Å². The topological polar surface area (TPSA) is 22.3 Å². The summed E-state index contributed by atoms with van der Waals surface area (Å²) in [7, 11) is 3.37. The molecule has 2 heterocycles. The van der Waals surface area contributed by atoms with Crippen molar-refractivity contribution in [3.8, 4) is 22.8 Å². The molecule has 1 aliphatic heterocycles. The van der Waals surface area contributed by atoms with E-state index in [0.29, 0.717) is 0 Å². The van der Waals surface area contributed by atoms with E-state index in [4.69, 9.17) is 9.47 Å². The van der Waals surface area contributed by atoms with Crippen LogP contribution >= 0.6 is 12.4 Å². The number of fused-ring (bicyclic) bond motifs is 4. The number of pyridine rings is 1. The molecule has 3 aromatic rings. The molecule has 1 aromatic heterocycles. The molecule has 4 heteroatoms. The van der Waals surface area contributed by atoms with Crippen LogP contribution in [-0.4, -0.2) is 14.2 Å². The molecule has 0 aliphatic carbocycles. The minimum atomic E-state index is 0. The first-order valence-corrected chi connectivity index (χ1v) is 7.47. The fourth-order valence-electron chi connectivity index (χ4n) is 3.25. The third kappa shape index (κ3) is 2.51. The summed E-state index contributed by atoms with van der Waals surface area (Å²) in [5.41, 5.74) is 3.78. The van der Waals surface area contributed by atoms with Crippen LogP contribution in [-0.2, 0) is 13.0 Å². The zero-order valence-electron chi connectivity index (χ0n) is 13.2. The Labute approximate surface area is 141 Å². The maximum Gasteiger partial charge on any atom is 0.213 e. The van der Waals surface area contributed by atoms with Gasteiger partial charge in [-0.15, -0.1) is 12.4 Å². The molecule has 0 fully saturated rings. The quantitative estimate of drug-likeness (QED) is 0.668. The number of rotatable bonds is 2. The molecule has 0 bridgehead atoms. The van der Waals surface area contributed by atoms with Crippen LogP contribution in [0.4, 0.5) is 0 Å². The smallest absolute Gasteiger partial charge is 0.213 e. The lowest BCUT2D eigenvalue weighted by atomic mass is 9.95. The highest BCUT2D eigenvalue weighted by Crippen LogP contribution is 2.37. The van der Waals surface area contributed by atoms with E-state index in [1.807, 2.05) is 0 Å². The first-order valence-electron chi connectivity index (χ1n) is 7.47. The first kappa shape index (κ1) is 15.6. The molecule has 4 rings (SSSR count). The Balaban J connectivity index is 0.00000156. The van der Waals surface area contributed by atoms with Crippen molar-refractivity contribution in [1.82, 2.24) is 0 Å². The maximum absolute atomic E-state index is 5.47. The van der Waals surface area contributed by atoms with Crippen LogP contribution in [0.5, 0.6) is 11.5 Å². The van der Waals surface area contributed by atoms with Crippen LogP contribution in [0.1, 0.15) is 5.56 Å². The molecule has 0 unspecified atom stereocenters. The van der Waals surface area contributed by atoms with Crippen molar-refractivity contribution in [2.75, 3.05) is 14.2 Å². The number of methoxy groups -OCH3 is 2. The summed E-state index contributed by atoms with van der Waals surface area (Å²) in [6.45, 7) is 0.989. The number of halogens is 1. The second-order valence-electron chi connectivity index (χ2n) is 5.60. The zero-order valence-corrected chi connectivity index (χ0v) is 14.0. The fraction of sp³-hybridized carbons (Fsp3) is 0.211. The monoisotopic (exact) mass is 328 g/mol. The molecule has 3 nitrogen and oxygen atoms in total. The number of hydrogen-bond acceptors (Lipinski definition) is 2. The molecule has 2 aromatic carbocycles. The fourth-order valence-corrected chi connectivity index (χ4v) is 3.25. The summed E-state index contributed by atoms with van der Waals surface area (Å²) in [5.74, 6) is 1.58. The molecule has 23 heavy (non-hydrogen) atoms. The number of benzene rings is 2. The average Bonchev–Trinajstić information content (AvgIpc) is 2.58. The second kappa shape index (κ2) is 6.09. The van der Waals surface area contributed by atoms with E-state index >= 15 is 0 Å². The minimum Gasteiger partial charge on any atom is -0.493 e. The zero-order chi connectivity index (χ0) is 15.1. The Morgan fingerprint density at radius 1 is 0.913 bits per heavy atom. The van der Waals surface area contributed by atoms with E-state index in [-0.39, 0.29) is 12.4 Å². The summed E-state index contributed by atoms with van der Waals surface area (Å²) in [6, 6.07) is 14.9.